The highest BCUT2D eigenvalue weighted by atomic mass is 35.5. The largest absolute Gasteiger partial charge is 0.497 e. The van der Waals surface area contributed by atoms with Crippen molar-refractivity contribution in [3.8, 4) is 22.8 Å². The number of methoxy groups -OCH3 is 1. The number of nitrogens with zero attached hydrogens (tertiary/aromatic N) is 5. The van der Waals surface area contributed by atoms with Gasteiger partial charge in [-0.25, -0.2) is 5.43 Å². The van der Waals surface area contributed by atoms with Gasteiger partial charge in [0.05, 0.1) is 24.0 Å². The number of nitro benzene ring substituents is 1. The van der Waals surface area contributed by atoms with E-state index in [1.54, 1.807) is 13.2 Å². The third-order valence-corrected chi connectivity index (χ3v) is 7.12. The Morgan fingerprint density at radius 2 is 1.82 bits per heavy atom. The predicted octanol–water partition coefficient (Wildman–Crippen LogP) is 6.04. The zero-order valence-electron chi connectivity index (χ0n) is 22.3. The van der Waals surface area contributed by atoms with Crippen LogP contribution in [0.1, 0.15) is 31.9 Å². The van der Waals surface area contributed by atoms with Gasteiger partial charge in [0.1, 0.15) is 10.8 Å². The summed E-state index contributed by atoms with van der Waals surface area (Å²) in [6, 6.07) is 19.9. The maximum atomic E-state index is 12.5. The number of hydrazone groups is 1. The minimum atomic E-state index is -0.582. The highest BCUT2D eigenvalue weighted by molar-refractivity contribution is 7.99. The van der Waals surface area contributed by atoms with Crippen LogP contribution in [0.4, 0.5) is 5.69 Å². The minimum Gasteiger partial charge on any atom is -0.497 e. The van der Waals surface area contributed by atoms with Gasteiger partial charge in [0.25, 0.3) is 11.6 Å². The van der Waals surface area contributed by atoms with Crippen molar-refractivity contribution in [1.29, 1.82) is 0 Å². The summed E-state index contributed by atoms with van der Waals surface area (Å²) >= 11 is 7.04. The Kier molecular flexibility index (Phi) is 8.86. The Labute approximate surface area is 240 Å². The second-order valence-electron chi connectivity index (χ2n) is 9.72. The van der Waals surface area contributed by atoms with E-state index in [-0.39, 0.29) is 27.8 Å². The predicted molar refractivity (Wildman–Crippen MR) is 157 cm³/mol. The maximum absolute atomic E-state index is 12.5. The topological polar surface area (TPSA) is 125 Å². The second-order valence-corrected chi connectivity index (χ2v) is 11.1. The van der Waals surface area contributed by atoms with E-state index in [4.69, 9.17) is 16.3 Å². The van der Waals surface area contributed by atoms with Crippen molar-refractivity contribution in [2.45, 2.75) is 31.3 Å². The summed E-state index contributed by atoms with van der Waals surface area (Å²) in [7, 11) is 1.60. The van der Waals surface area contributed by atoms with Gasteiger partial charge >= 0.3 is 0 Å². The molecule has 1 N–H and O–H groups in total. The Morgan fingerprint density at radius 1 is 1.12 bits per heavy atom. The Hall–Kier alpha value is -4.22. The SMILES string of the molecule is COc1ccc(-n2c(SCC(=O)N/N=C/c3ccc(Cl)c([N+](=O)[O-])c3)nnc2-c2ccc(C(C)(C)C)cc2)cc1. The molecule has 0 aliphatic carbocycles. The van der Waals surface area contributed by atoms with Gasteiger partial charge in [-0.15, -0.1) is 10.2 Å². The molecule has 12 heteroatoms. The van der Waals surface area contributed by atoms with Crippen LogP contribution in [0.2, 0.25) is 5.02 Å². The lowest BCUT2D eigenvalue weighted by Gasteiger charge is -2.19. The number of amides is 1. The van der Waals surface area contributed by atoms with Crippen LogP contribution in [-0.4, -0.2) is 44.7 Å². The molecule has 0 bridgehead atoms. The number of hydrogen-bond acceptors (Lipinski definition) is 8. The number of carbonyl (C=O) groups is 1. The zero-order chi connectivity index (χ0) is 28.9. The van der Waals surface area contributed by atoms with Gasteiger partial charge in [-0.2, -0.15) is 5.10 Å². The smallest absolute Gasteiger partial charge is 0.288 e. The minimum absolute atomic E-state index is 0.00928. The molecule has 0 saturated carbocycles. The molecule has 0 aliphatic rings. The van der Waals surface area contributed by atoms with Crippen LogP contribution in [0, 0.1) is 10.1 Å². The number of nitrogens with one attached hydrogen (secondary N) is 1. The fourth-order valence-corrected chi connectivity index (χ4v) is 4.66. The number of carbonyl (C=O) groups excluding carboxylic acids is 1. The van der Waals surface area contributed by atoms with Crippen molar-refractivity contribution in [2.75, 3.05) is 12.9 Å². The van der Waals surface area contributed by atoms with Gasteiger partial charge in [-0.05, 0) is 41.3 Å². The number of halogens is 1. The van der Waals surface area contributed by atoms with E-state index in [1.165, 1.54) is 35.7 Å². The summed E-state index contributed by atoms with van der Waals surface area (Å²) in [5.74, 6) is 0.973. The molecule has 0 atom stereocenters. The van der Waals surface area contributed by atoms with Crippen molar-refractivity contribution < 1.29 is 14.5 Å². The van der Waals surface area contributed by atoms with E-state index in [0.717, 1.165) is 11.3 Å². The van der Waals surface area contributed by atoms with Crippen LogP contribution < -0.4 is 10.2 Å². The van der Waals surface area contributed by atoms with Crippen molar-refractivity contribution in [1.82, 2.24) is 20.2 Å². The first-order valence-corrected chi connectivity index (χ1v) is 13.5. The summed E-state index contributed by atoms with van der Waals surface area (Å²) in [6.07, 6.45) is 1.31. The van der Waals surface area contributed by atoms with Gasteiger partial charge in [0.2, 0.25) is 0 Å². The van der Waals surface area contributed by atoms with E-state index in [0.29, 0.717) is 22.3 Å². The monoisotopic (exact) mass is 578 g/mol. The summed E-state index contributed by atoms with van der Waals surface area (Å²) in [5.41, 5.74) is 5.52. The molecular formula is C28H27ClN6O4S. The summed E-state index contributed by atoms with van der Waals surface area (Å²) < 4.78 is 7.19. The van der Waals surface area contributed by atoms with Crippen molar-refractivity contribution >= 4 is 41.2 Å². The first kappa shape index (κ1) is 28.8. The molecule has 4 aromatic rings. The molecule has 1 amide bonds. The van der Waals surface area contributed by atoms with Gasteiger partial charge in [0.15, 0.2) is 11.0 Å². The lowest BCUT2D eigenvalue weighted by molar-refractivity contribution is -0.384. The molecule has 1 aromatic heterocycles. The first-order chi connectivity index (χ1) is 19.1. The molecule has 0 unspecified atom stereocenters. The number of hydrogen-bond donors (Lipinski definition) is 1. The Morgan fingerprint density at radius 3 is 2.45 bits per heavy atom. The number of nitro groups is 1. The molecule has 0 saturated heterocycles. The van der Waals surface area contributed by atoms with Crippen molar-refractivity contribution in [3.05, 3.63) is 93.0 Å². The standard InChI is InChI=1S/C28H27ClN6O4S/c1-28(2,3)20-8-6-19(7-9-20)26-32-33-27(34(26)21-10-12-22(39-4)13-11-21)40-17-25(36)31-30-16-18-5-14-23(29)24(15-18)35(37)38/h5-16H,17H2,1-4H3,(H,31,36)/b30-16+. The number of aromatic nitrogens is 3. The average molecular weight is 579 g/mol. The molecule has 0 aliphatic heterocycles. The van der Waals surface area contributed by atoms with Gasteiger partial charge in [-0.1, -0.05) is 74.5 Å². The van der Waals surface area contributed by atoms with Crippen LogP contribution in [0.25, 0.3) is 17.1 Å². The highest BCUT2D eigenvalue weighted by Gasteiger charge is 2.19. The van der Waals surface area contributed by atoms with Crippen LogP contribution in [0.3, 0.4) is 0 Å². The molecule has 0 fully saturated rings. The molecular weight excluding hydrogens is 552 g/mol. The fourth-order valence-electron chi connectivity index (χ4n) is 3.72. The summed E-state index contributed by atoms with van der Waals surface area (Å²) in [4.78, 5) is 23.0. The lowest BCUT2D eigenvalue weighted by atomic mass is 9.87. The zero-order valence-corrected chi connectivity index (χ0v) is 23.9. The van der Waals surface area contributed by atoms with Crippen LogP contribution in [-0.2, 0) is 10.2 Å². The lowest BCUT2D eigenvalue weighted by Crippen LogP contribution is -2.20. The fraction of sp³-hybridized carbons (Fsp3) is 0.214. The van der Waals surface area contributed by atoms with Crippen molar-refractivity contribution in [2.24, 2.45) is 5.10 Å². The van der Waals surface area contributed by atoms with E-state index in [9.17, 15) is 14.9 Å². The molecule has 1 heterocycles. The Balaban J connectivity index is 1.53. The summed E-state index contributed by atoms with van der Waals surface area (Å²) in [6.45, 7) is 6.47. The molecule has 40 heavy (non-hydrogen) atoms. The third kappa shape index (κ3) is 6.85. The number of rotatable bonds is 9. The van der Waals surface area contributed by atoms with E-state index in [2.05, 4.69) is 53.6 Å². The van der Waals surface area contributed by atoms with E-state index >= 15 is 0 Å². The van der Waals surface area contributed by atoms with E-state index < -0.39 is 4.92 Å². The van der Waals surface area contributed by atoms with Gasteiger partial charge in [-0.3, -0.25) is 19.5 Å². The summed E-state index contributed by atoms with van der Waals surface area (Å²) in [5, 5.41) is 24.3. The molecule has 3 aromatic carbocycles. The van der Waals surface area contributed by atoms with Crippen molar-refractivity contribution in [3.63, 3.8) is 0 Å². The van der Waals surface area contributed by atoms with Gasteiger partial charge in [0, 0.05) is 22.9 Å². The molecule has 0 radical (unpaired) electrons. The molecule has 206 valence electrons. The first-order valence-electron chi connectivity index (χ1n) is 12.2. The van der Waals surface area contributed by atoms with Crippen LogP contribution >= 0.6 is 23.4 Å². The highest BCUT2D eigenvalue weighted by Crippen LogP contribution is 2.31. The van der Waals surface area contributed by atoms with Gasteiger partial charge < -0.3 is 4.74 Å². The number of thioether (sulfide) groups is 1. The van der Waals surface area contributed by atoms with Crippen LogP contribution in [0.5, 0.6) is 5.75 Å². The van der Waals surface area contributed by atoms with E-state index in [1.807, 2.05) is 41.0 Å². The average Bonchev–Trinajstić information content (AvgIpc) is 3.36. The number of benzene rings is 3. The third-order valence-electron chi connectivity index (χ3n) is 5.88. The molecule has 0 spiro atoms. The molecule has 4 rings (SSSR count). The second kappa shape index (κ2) is 12.3. The quantitative estimate of drug-likeness (QED) is 0.111. The Bertz CT molecular complexity index is 1550. The maximum Gasteiger partial charge on any atom is 0.288 e. The van der Waals surface area contributed by atoms with Crippen LogP contribution in [0.15, 0.2) is 77.0 Å². The molecule has 10 nitrogen and oxygen atoms in total. The normalized spacial score (nSPS) is 11.5. The number of ether oxygens (including phenoxy) is 1.